The Labute approximate surface area is 34.3 Å². The summed E-state index contributed by atoms with van der Waals surface area (Å²) in [6, 6.07) is 0. The maximum atomic E-state index is 8.36. The molecule has 0 amide bonds. The summed E-state index contributed by atoms with van der Waals surface area (Å²) < 4.78 is 0. The summed E-state index contributed by atoms with van der Waals surface area (Å²) in [6.45, 7) is -0.250. The largest absolute Gasteiger partial charge is 0.483 e. The maximum Gasteiger partial charge on any atom is 0.290 e. The van der Waals surface area contributed by atoms with Crippen LogP contribution >= 0.6 is 0 Å². The summed E-state index contributed by atoms with van der Waals surface area (Å²) in [5.41, 5.74) is 0. The predicted octanol–water partition coefficient (Wildman–Crippen LogP) is -0.302. The Morgan fingerprint density at radius 3 is 1.75 bits per heavy atom. The zero-order valence-electron chi connectivity index (χ0n) is 1.79. The van der Waals surface area contributed by atoms with Crippen LogP contribution in [0, 0.1) is 0 Å². The van der Waals surface area contributed by atoms with E-state index in [9.17, 15) is 0 Å². The summed E-state index contributed by atoms with van der Waals surface area (Å²) in [5, 5.41) is 6.89. The van der Waals surface area contributed by atoms with Gasteiger partial charge in [-0.05, 0) is 0 Å². The van der Waals surface area contributed by atoms with Crippen LogP contribution in [0.5, 0.6) is 0 Å². The normalized spacial score (nSPS) is 3.00. The Balaban J connectivity index is 0. The number of carboxylic acid groups (broad SMARTS) is 1. The van der Waals surface area contributed by atoms with Crippen LogP contribution in [0.1, 0.15) is 0 Å². The van der Waals surface area contributed by atoms with E-state index in [0.29, 0.717) is 0 Å². The number of rotatable bonds is 0. The van der Waals surface area contributed by atoms with Crippen LogP contribution in [-0.4, -0.2) is 11.6 Å². The molecule has 0 unspecified atom stereocenters. The van der Waals surface area contributed by atoms with Crippen molar-refractivity contribution in [3.8, 4) is 0 Å². The van der Waals surface area contributed by atoms with Gasteiger partial charge < -0.3 is 5.11 Å². The quantitative estimate of drug-likeness (QED) is 0.336. The molecule has 0 saturated heterocycles. The van der Waals surface area contributed by atoms with Gasteiger partial charge in [0, 0.05) is 17.1 Å². The second-order valence-corrected chi connectivity index (χ2v) is 0.105. The van der Waals surface area contributed by atoms with Gasteiger partial charge in [-0.3, -0.25) is 4.79 Å². The Kier molecular flexibility index (Phi) is 27.2. The first-order valence-corrected chi connectivity index (χ1v) is 0.494. The molecule has 4 heavy (non-hydrogen) atoms. The topological polar surface area (TPSA) is 37.3 Å². The Morgan fingerprint density at radius 2 is 1.75 bits per heavy atom. The van der Waals surface area contributed by atoms with E-state index in [2.05, 4.69) is 0 Å². The molecule has 3 heteroatoms. The Bertz CT molecular complexity index is 13.5. The summed E-state index contributed by atoms with van der Waals surface area (Å²) >= 11 is 0. The smallest absolute Gasteiger partial charge is 0.290 e. The first-order valence-electron chi connectivity index (χ1n) is 0.494. The molecule has 0 fully saturated rings. The van der Waals surface area contributed by atoms with Crippen molar-refractivity contribution in [2.75, 3.05) is 0 Å². The second kappa shape index (κ2) is 12.1. The van der Waals surface area contributed by atoms with Gasteiger partial charge >= 0.3 is 0 Å². The molecule has 0 aliphatic rings. The van der Waals surface area contributed by atoms with Crippen LogP contribution in [-0.2, 0) is 21.9 Å². The molecule has 0 aromatic rings. The van der Waals surface area contributed by atoms with Crippen molar-refractivity contribution in [3.63, 3.8) is 0 Å². The van der Waals surface area contributed by atoms with Crippen molar-refractivity contribution in [2.45, 2.75) is 0 Å². The number of hydrogen-bond donors (Lipinski definition) is 1. The van der Waals surface area contributed by atoms with Crippen molar-refractivity contribution < 1.29 is 27.0 Å². The van der Waals surface area contributed by atoms with E-state index in [1.54, 1.807) is 0 Å². The molecule has 1 N–H and O–H groups in total. The fraction of sp³-hybridized carbons (Fsp3) is 0. The van der Waals surface area contributed by atoms with E-state index in [-0.39, 0.29) is 23.5 Å². The van der Waals surface area contributed by atoms with Crippen LogP contribution < -0.4 is 0 Å². The Morgan fingerprint density at radius 1 is 1.75 bits per heavy atom. The average Bonchev–Trinajstić information content (AvgIpc) is 0.918. The minimum atomic E-state index is -0.250. The van der Waals surface area contributed by atoms with Gasteiger partial charge in [-0.15, -0.1) is 0 Å². The molecule has 26 valence electrons. The SMILES string of the molecule is O=CO.[Fe]. The van der Waals surface area contributed by atoms with Gasteiger partial charge in [-0.1, -0.05) is 0 Å². The molecule has 0 radical (unpaired) electrons. The standard InChI is InChI=1S/CH2O2.Fe/c2-1-3;/h1H,(H,2,3);. The van der Waals surface area contributed by atoms with Crippen LogP contribution in [0.25, 0.3) is 0 Å². The van der Waals surface area contributed by atoms with E-state index in [4.69, 9.17) is 9.90 Å². The van der Waals surface area contributed by atoms with E-state index in [1.165, 1.54) is 0 Å². The Hall–Kier alpha value is -0.0105. The minimum absolute atomic E-state index is 0. The van der Waals surface area contributed by atoms with Crippen LogP contribution in [0.15, 0.2) is 0 Å². The van der Waals surface area contributed by atoms with E-state index in [0.717, 1.165) is 0 Å². The van der Waals surface area contributed by atoms with Gasteiger partial charge in [-0.25, -0.2) is 0 Å². The second-order valence-electron chi connectivity index (χ2n) is 0.105. The fourth-order valence-electron chi connectivity index (χ4n) is 0. The van der Waals surface area contributed by atoms with Gasteiger partial charge in [0.25, 0.3) is 6.47 Å². The first-order chi connectivity index (χ1) is 1.41. The molecule has 0 rings (SSSR count). The van der Waals surface area contributed by atoms with Gasteiger partial charge in [0.15, 0.2) is 0 Å². The minimum Gasteiger partial charge on any atom is -0.483 e. The molecule has 0 aromatic heterocycles. The predicted molar refractivity (Wildman–Crippen MR) is 8.69 cm³/mol. The molecule has 0 saturated carbocycles. The van der Waals surface area contributed by atoms with E-state index in [1.807, 2.05) is 0 Å². The molecule has 0 atom stereocenters. The number of carbonyl (C=O) groups is 1. The van der Waals surface area contributed by atoms with Gasteiger partial charge in [0.1, 0.15) is 0 Å². The average molecular weight is 102 g/mol. The fourth-order valence-corrected chi connectivity index (χ4v) is 0. The van der Waals surface area contributed by atoms with Crippen molar-refractivity contribution in [1.82, 2.24) is 0 Å². The third-order valence-electron chi connectivity index (χ3n) is 0. The summed E-state index contributed by atoms with van der Waals surface area (Å²) in [6.07, 6.45) is 0. The molecular formula is CH2FeO2. The molecule has 0 heterocycles. The van der Waals surface area contributed by atoms with Crippen LogP contribution in [0.3, 0.4) is 0 Å². The van der Waals surface area contributed by atoms with E-state index < -0.39 is 0 Å². The molecule has 0 aromatic carbocycles. The van der Waals surface area contributed by atoms with E-state index >= 15 is 0 Å². The first kappa shape index (κ1) is 9.01. The van der Waals surface area contributed by atoms with Crippen molar-refractivity contribution in [3.05, 3.63) is 0 Å². The monoisotopic (exact) mass is 102 g/mol. The van der Waals surface area contributed by atoms with Crippen LogP contribution in [0.4, 0.5) is 0 Å². The maximum absolute atomic E-state index is 8.36. The summed E-state index contributed by atoms with van der Waals surface area (Å²) in [5.74, 6) is 0. The zero-order valence-corrected chi connectivity index (χ0v) is 2.89. The molecule has 0 spiro atoms. The molecule has 0 aliphatic heterocycles. The van der Waals surface area contributed by atoms with Crippen molar-refractivity contribution >= 4 is 6.47 Å². The third-order valence-corrected chi connectivity index (χ3v) is 0. The third kappa shape index (κ3) is 17600. The number of hydrogen-bond acceptors (Lipinski definition) is 1. The molecule has 2 nitrogen and oxygen atoms in total. The summed E-state index contributed by atoms with van der Waals surface area (Å²) in [7, 11) is 0. The molecule has 0 bridgehead atoms. The van der Waals surface area contributed by atoms with Gasteiger partial charge in [0.2, 0.25) is 0 Å². The van der Waals surface area contributed by atoms with Crippen molar-refractivity contribution in [1.29, 1.82) is 0 Å². The van der Waals surface area contributed by atoms with Crippen molar-refractivity contribution in [2.24, 2.45) is 0 Å². The van der Waals surface area contributed by atoms with Gasteiger partial charge in [0.05, 0.1) is 0 Å². The zero-order chi connectivity index (χ0) is 2.71. The van der Waals surface area contributed by atoms with Gasteiger partial charge in [-0.2, -0.15) is 0 Å². The molecule has 0 aliphatic carbocycles. The molecular weight excluding hydrogens is 99.9 g/mol. The summed E-state index contributed by atoms with van der Waals surface area (Å²) in [4.78, 5) is 8.36. The van der Waals surface area contributed by atoms with Crippen LogP contribution in [0.2, 0.25) is 0 Å².